The molecule has 3 amide bonds. The Kier molecular flexibility index (Phi) is 8.77. The van der Waals surface area contributed by atoms with Crippen molar-refractivity contribution in [3.63, 3.8) is 0 Å². The summed E-state index contributed by atoms with van der Waals surface area (Å²) in [6.45, 7) is 10.4. The highest BCUT2D eigenvalue weighted by Crippen LogP contribution is 2.22. The van der Waals surface area contributed by atoms with Crippen molar-refractivity contribution in [2.24, 2.45) is 4.99 Å². The van der Waals surface area contributed by atoms with E-state index in [1.165, 1.54) is 0 Å². The van der Waals surface area contributed by atoms with E-state index in [4.69, 9.17) is 14.2 Å². The third-order valence-electron chi connectivity index (χ3n) is 3.88. The van der Waals surface area contributed by atoms with Crippen molar-refractivity contribution in [2.75, 3.05) is 4.90 Å². The first kappa shape index (κ1) is 26.4. The molecule has 0 saturated heterocycles. The van der Waals surface area contributed by atoms with Crippen LogP contribution in [0.3, 0.4) is 0 Å². The van der Waals surface area contributed by atoms with Gasteiger partial charge in [-0.1, -0.05) is 36.4 Å². The summed E-state index contributed by atoms with van der Waals surface area (Å²) in [5.41, 5.74) is -0.356. The number of benzene rings is 2. The second kappa shape index (κ2) is 11.3. The van der Waals surface area contributed by atoms with Gasteiger partial charge in [-0.3, -0.25) is 15.0 Å². The Hall–Kier alpha value is -3.88. The normalized spacial score (nSPS) is 11.9. The van der Waals surface area contributed by atoms with Gasteiger partial charge in [0.1, 0.15) is 23.6 Å². The van der Waals surface area contributed by atoms with E-state index in [0.29, 0.717) is 24.5 Å². The standard InChI is InChI=1S/C25H31N3O6/c1-24(2,3)33-22(30)26-21(27-23(31)34-25(4,5)6)28(17-29)19-13-10-14-20(15-19)32-16-18-11-8-7-9-12-18/h7-15,17H,16H2,1-6H3,(H,26,27,30,31). The number of aliphatic imine (C=N–C) groups is 1. The SMILES string of the molecule is CC(C)(C)OC(=O)N=C(NC(=O)OC(C)(C)C)N(C=O)c1cccc(OCc2ccccc2)c1. The fourth-order valence-corrected chi connectivity index (χ4v) is 2.61. The minimum Gasteiger partial charge on any atom is -0.489 e. The van der Waals surface area contributed by atoms with Crippen LogP contribution >= 0.6 is 0 Å². The molecule has 0 bridgehead atoms. The van der Waals surface area contributed by atoms with Crippen molar-refractivity contribution in [1.82, 2.24) is 5.32 Å². The molecule has 0 saturated carbocycles. The molecule has 0 heterocycles. The lowest BCUT2D eigenvalue weighted by atomic mass is 10.2. The van der Waals surface area contributed by atoms with Gasteiger partial charge in [0.15, 0.2) is 0 Å². The molecule has 2 aromatic rings. The van der Waals surface area contributed by atoms with Crippen LogP contribution in [0.25, 0.3) is 0 Å². The van der Waals surface area contributed by atoms with E-state index in [-0.39, 0.29) is 5.96 Å². The molecule has 1 N–H and O–H groups in total. The van der Waals surface area contributed by atoms with E-state index in [1.54, 1.807) is 65.8 Å². The van der Waals surface area contributed by atoms with E-state index in [9.17, 15) is 14.4 Å². The highest BCUT2D eigenvalue weighted by Gasteiger charge is 2.24. The Morgan fingerprint density at radius 3 is 2.18 bits per heavy atom. The molecular formula is C25H31N3O6. The van der Waals surface area contributed by atoms with Crippen LogP contribution in [0.15, 0.2) is 59.6 Å². The minimum atomic E-state index is -0.984. The topological polar surface area (TPSA) is 107 Å². The lowest BCUT2D eigenvalue weighted by Crippen LogP contribution is -2.46. The van der Waals surface area contributed by atoms with Gasteiger partial charge in [-0.25, -0.2) is 9.59 Å². The maximum atomic E-state index is 12.4. The Bertz CT molecular complexity index is 1020. The highest BCUT2D eigenvalue weighted by atomic mass is 16.6. The number of rotatable bonds is 5. The summed E-state index contributed by atoms with van der Waals surface area (Å²) in [6, 6.07) is 16.2. The maximum absolute atomic E-state index is 12.4. The summed E-state index contributed by atoms with van der Waals surface area (Å²) in [7, 11) is 0. The number of hydrogen-bond acceptors (Lipinski definition) is 6. The summed E-state index contributed by atoms with van der Waals surface area (Å²) in [4.78, 5) is 41.5. The molecule has 0 aliphatic rings. The molecular weight excluding hydrogens is 438 g/mol. The van der Waals surface area contributed by atoms with E-state index in [1.807, 2.05) is 30.3 Å². The zero-order chi connectivity index (χ0) is 25.4. The second-order valence-electron chi connectivity index (χ2n) is 9.29. The third-order valence-corrected chi connectivity index (χ3v) is 3.88. The van der Waals surface area contributed by atoms with Crippen LogP contribution < -0.4 is 15.0 Å². The van der Waals surface area contributed by atoms with Crippen LogP contribution in [0.1, 0.15) is 47.1 Å². The summed E-state index contributed by atoms with van der Waals surface area (Å²) in [5, 5.41) is 2.36. The van der Waals surface area contributed by atoms with E-state index in [0.717, 1.165) is 10.5 Å². The first-order valence-corrected chi connectivity index (χ1v) is 10.7. The van der Waals surface area contributed by atoms with Crippen LogP contribution in [-0.2, 0) is 20.9 Å². The summed E-state index contributed by atoms with van der Waals surface area (Å²) in [6.07, 6.45) is -1.46. The molecule has 0 aliphatic heterocycles. The first-order valence-electron chi connectivity index (χ1n) is 10.7. The summed E-state index contributed by atoms with van der Waals surface area (Å²) in [5.74, 6) is 0.0980. The first-order chi connectivity index (χ1) is 15.9. The molecule has 0 aromatic heterocycles. The molecule has 2 rings (SSSR count). The molecule has 0 spiro atoms. The van der Waals surface area contributed by atoms with Gasteiger partial charge in [0.25, 0.3) is 0 Å². The average Bonchev–Trinajstić information content (AvgIpc) is 2.71. The molecule has 0 aliphatic carbocycles. The fourth-order valence-electron chi connectivity index (χ4n) is 2.61. The van der Waals surface area contributed by atoms with Crippen molar-refractivity contribution < 1.29 is 28.6 Å². The van der Waals surface area contributed by atoms with Crippen LogP contribution in [0.4, 0.5) is 15.3 Å². The van der Waals surface area contributed by atoms with E-state index < -0.39 is 23.4 Å². The molecule has 9 nitrogen and oxygen atoms in total. The van der Waals surface area contributed by atoms with Gasteiger partial charge in [-0.2, -0.15) is 0 Å². The van der Waals surface area contributed by atoms with Crippen LogP contribution in [0.5, 0.6) is 5.75 Å². The predicted octanol–water partition coefficient (Wildman–Crippen LogP) is 5.04. The Balaban J connectivity index is 2.32. The monoisotopic (exact) mass is 469 g/mol. The molecule has 0 fully saturated rings. The predicted molar refractivity (Wildman–Crippen MR) is 129 cm³/mol. The number of alkyl carbamates (subject to hydrolysis) is 1. The van der Waals surface area contributed by atoms with Gasteiger partial charge in [0.05, 0.1) is 5.69 Å². The van der Waals surface area contributed by atoms with Gasteiger partial charge in [-0.05, 0) is 59.2 Å². The second-order valence-corrected chi connectivity index (χ2v) is 9.29. The van der Waals surface area contributed by atoms with Crippen molar-refractivity contribution in [3.8, 4) is 5.75 Å². The van der Waals surface area contributed by atoms with Gasteiger partial charge < -0.3 is 14.2 Å². The molecule has 9 heteroatoms. The summed E-state index contributed by atoms with van der Waals surface area (Å²) >= 11 is 0. The number of carbonyl (C=O) groups is 3. The maximum Gasteiger partial charge on any atom is 0.437 e. The van der Waals surface area contributed by atoms with Gasteiger partial charge in [-0.15, -0.1) is 4.99 Å². The zero-order valence-corrected chi connectivity index (χ0v) is 20.3. The zero-order valence-electron chi connectivity index (χ0n) is 20.3. The fraction of sp³-hybridized carbons (Fsp3) is 0.360. The van der Waals surface area contributed by atoms with Crippen molar-refractivity contribution in [3.05, 3.63) is 60.2 Å². The van der Waals surface area contributed by atoms with E-state index in [2.05, 4.69) is 10.3 Å². The number of anilines is 1. The highest BCUT2D eigenvalue weighted by molar-refractivity contribution is 6.15. The van der Waals surface area contributed by atoms with E-state index >= 15 is 0 Å². The Labute approximate surface area is 199 Å². The van der Waals surface area contributed by atoms with Crippen molar-refractivity contribution >= 4 is 30.2 Å². The van der Waals surface area contributed by atoms with Crippen LogP contribution in [-0.4, -0.2) is 35.8 Å². The lowest BCUT2D eigenvalue weighted by Gasteiger charge is -2.24. The third kappa shape index (κ3) is 9.32. The largest absolute Gasteiger partial charge is 0.489 e. The quantitative estimate of drug-likeness (QED) is 0.373. The van der Waals surface area contributed by atoms with Crippen molar-refractivity contribution in [1.29, 1.82) is 0 Å². The van der Waals surface area contributed by atoms with Crippen LogP contribution in [0, 0.1) is 0 Å². The van der Waals surface area contributed by atoms with Gasteiger partial charge in [0.2, 0.25) is 12.4 Å². The number of guanidine groups is 1. The number of amides is 3. The molecule has 0 radical (unpaired) electrons. The minimum absolute atomic E-state index is 0.305. The number of hydrogen-bond donors (Lipinski definition) is 1. The van der Waals surface area contributed by atoms with Crippen LogP contribution in [0.2, 0.25) is 0 Å². The van der Waals surface area contributed by atoms with Crippen molar-refractivity contribution in [2.45, 2.75) is 59.4 Å². The molecule has 182 valence electrons. The van der Waals surface area contributed by atoms with Gasteiger partial charge in [0, 0.05) is 6.07 Å². The number of ether oxygens (including phenoxy) is 3. The average molecular weight is 470 g/mol. The molecule has 2 aromatic carbocycles. The number of nitrogens with one attached hydrogen (secondary N) is 1. The Morgan fingerprint density at radius 1 is 0.941 bits per heavy atom. The Morgan fingerprint density at radius 2 is 1.59 bits per heavy atom. The molecule has 0 atom stereocenters. The summed E-state index contributed by atoms with van der Waals surface area (Å²) < 4.78 is 16.3. The number of carbonyl (C=O) groups excluding carboxylic acids is 3. The molecule has 0 unspecified atom stereocenters. The van der Waals surface area contributed by atoms with Gasteiger partial charge >= 0.3 is 12.2 Å². The number of nitrogens with zero attached hydrogens (tertiary/aromatic N) is 2. The lowest BCUT2D eigenvalue weighted by molar-refractivity contribution is -0.106. The smallest absolute Gasteiger partial charge is 0.437 e. The molecule has 34 heavy (non-hydrogen) atoms.